The monoisotopic (exact) mass is 827 g/mol. The van der Waals surface area contributed by atoms with Gasteiger partial charge in [-0.1, -0.05) is 57.2 Å². The summed E-state index contributed by atoms with van der Waals surface area (Å²) in [7, 11) is 0. The predicted octanol–water partition coefficient (Wildman–Crippen LogP) is 3.24. The number of thiazole rings is 1. The number of carbonyl (C=O) groups is 3. The fourth-order valence-corrected chi connectivity index (χ4v) is 6.95. The molecule has 58 heavy (non-hydrogen) atoms. The third-order valence-corrected chi connectivity index (χ3v) is 10.3. The quantitative estimate of drug-likeness (QED) is 0.0866. The second-order valence-electron chi connectivity index (χ2n) is 15.0. The van der Waals surface area contributed by atoms with E-state index in [1.54, 1.807) is 11.3 Å². The molecule has 0 radical (unpaired) electrons. The number of carbonyl (C=O) groups excluding carboxylic acids is 3. The summed E-state index contributed by atoms with van der Waals surface area (Å²) in [4.78, 5) is 46.9. The number of amides is 3. The number of aliphatic hydroxyl groups is 1. The van der Waals surface area contributed by atoms with Gasteiger partial charge in [0.1, 0.15) is 24.4 Å². The molecule has 2 aromatic carbocycles. The Hall–Kier alpha value is -4.00. The predicted molar refractivity (Wildman–Crippen MR) is 220 cm³/mol. The van der Waals surface area contributed by atoms with Gasteiger partial charge in [0, 0.05) is 32.5 Å². The number of ether oxygens (including phenoxy) is 6. The van der Waals surface area contributed by atoms with Crippen LogP contribution in [0.1, 0.15) is 50.4 Å². The van der Waals surface area contributed by atoms with Crippen molar-refractivity contribution < 1.29 is 47.9 Å². The van der Waals surface area contributed by atoms with Crippen LogP contribution in [0.15, 0.2) is 54.0 Å². The Bertz CT molecular complexity index is 1690. The van der Waals surface area contributed by atoms with E-state index >= 15 is 0 Å². The Balaban J connectivity index is 1.03. The van der Waals surface area contributed by atoms with Crippen molar-refractivity contribution in [1.82, 2.24) is 20.5 Å². The Morgan fingerprint density at radius 3 is 2.05 bits per heavy atom. The number of benzene rings is 2. The Kier molecular flexibility index (Phi) is 20.0. The minimum atomic E-state index is -0.915. The molecule has 3 aromatic rings. The van der Waals surface area contributed by atoms with Gasteiger partial charge >= 0.3 is 0 Å². The number of rotatable bonds is 26. The van der Waals surface area contributed by atoms with Crippen LogP contribution in [0.3, 0.4) is 0 Å². The average molecular weight is 828 g/mol. The highest BCUT2D eigenvalue weighted by Crippen LogP contribution is 2.28. The number of aromatic nitrogens is 1. The van der Waals surface area contributed by atoms with E-state index in [-0.39, 0.29) is 44.4 Å². The molecule has 1 aliphatic rings. The lowest BCUT2D eigenvalue weighted by molar-refractivity contribution is -0.144. The van der Waals surface area contributed by atoms with Crippen LogP contribution in [0.25, 0.3) is 10.4 Å². The van der Waals surface area contributed by atoms with E-state index in [4.69, 9.17) is 34.2 Å². The lowest BCUT2D eigenvalue weighted by atomic mass is 9.85. The van der Waals surface area contributed by atoms with Crippen molar-refractivity contribution in [2.75, 3.05) is 79.2 Å². The van der Waals surface area contributed by atoms with Crippen LogP contribution in [0.5, 0.6) is 5.75 Å². The number of hydrogen-bond acceptors (Lipinski definition) is 13. The molecular weight excluding hydrogens is 767 g/mol. The molecule has 0 unspecified atom stereocenters. The van der Waals surface area contributed by atoms with E-state index in [0.29, 0.717) is 72.6 Å². The lowest BCUT2D eigenvalue weighted by Gasteiger charge is -2.35. The van der Waals surface area contributed by atoms with Crippen LogP contribution in [0, 0.1) is 12.3 Å². The van der Waals surface area contributed by atoms with Gasteiger partial charge in [0.2, 0.25) is 17.7 Å². The maximum Gasteiger partial charge on any atom is 0.246 e. The molecule has 1 aromatic heterocycles. The topological polar surface area (TPSA) is 193 Å². The zero-order valence-corrected chi connectivity index (χ0v) is 35.1. The minimum Gasteiger partial charge on any atom is -0.491 e. The van der Waals surface area contributed by atoms with Crippen molar-refractivity contribution in [2.24, 2.45) is 11.1 Å². The van der Waals surface area contributed by atoms with Crippen molar-refractivity contribution in [3.63, 3.8) is 0 Å². The minimum absolute atomic E-state index is 0.00377. The highest BCUT2D eigenvalue weighted by molar-refractivity contribution is 7.13. The van der Waals surface area contributed by atoms with Crippen LogP contribution in [0.4, 0.5) is 0 Å². The van der Waals surface area contributed by atoms with E-state index in [1.165, 1.54) is 4.90 Å². The zero-order chi connectivity index (χ0) is 41.8. The van der Waals surface area contributed by atoms with Gasteiger partial charge in [0.05, 0.1) is 88.3 Å². The molecule has 4 rings (SSSR count). The SMILES string of the molecule is Cc1ncsc1-c1ccc(CNC(=O)[C@@H]2C[C@@H](O)CN2C(=O)[C@@H](NC(=O)CCOCCOCCOCCOCCOCCOc2cccc(CN)c2)C(C)(C)C)cc1. The highest BCUT2D eigenvalue weighted by Gasteiger charge is 2.44. The molecule has 1 aliphatic heterocycles. The van der Waals surface area contributed by atoms with Crippen molar-refractivity contribution in [3.05, 3.63) is 70.9 Å². The summed E-state index contributed by atoms with van der Waals surface area (Å²) in [5.41, 5.74) is 10.7. The van der Waals surface area contributed by atoms with Crippen LogP contribution < -0.4 is 21.1 Å². The molecule has 5 N–H and O–H groups in total. The number of aliphatic hydroxyl groups excluding tert-OH is 1. The number of likely N-dealkylation sites (tertiary alicyclic amines) is 1. The molecule has 15 nitrogen and oxygen atoms in total. The third-order valence-electron chi connectivity index (χ3n) is 9.30. The first kappa shape index (κ1) is 46.7. The Morgan fingerprint density at radius 2 is 1.48 bits per heavy atom. The van der Waals surface area contributed by atoms with E-state index in [2.05, 4.69) is 15.6 Å². The molecule has 0 aliphatic carbocycles. The molecular formula is C42H61N5O10S. The van der Waals surface area contributed by atoms with Crippen molar-refractivity contribution in [2.45, 2.75) is 71.8 Å². The Labute approximate surface area is 345 Å². The summed E-state index contributed by atoms with van der Waals surface area (Å²) in [5, 5.41) is 16.3. The average Bonchev–Trinajstić information content (AvgIpc) is 3.83. The lowest BCUT2D eigenvalue weighted by Crippen LogP contribution is -2.57. The fourth-order valence-electron chi connectivity index (χ4n) is 6.14. The van der Waals surface area contributed by atoms with Gasteiger partial charge in [-0.3, -0.25) is 14.4 Å². The Morgan fingerprint density at radius 1 is 0.879 bits per heavy atom. The molecule has 1 saturated heterocycles. The number of nitrogens with zero attached hydrogens (tertiary/aromatic N) is 2. The van der Waals surface area contributed by atoms with Gasteiger partial charge in [-0.05, 0) is 41.2 Å². The van der Waals surface area contributed by atoms with E-state index < -0.39 is 29.5 Å². The molecule has 0 bridgehead atoms. The number of nitrogens with two attached hydrogens (primary N) is 1. The van der Waals surface area contributed by atoms with Crippen molar-refractivity contribution in [1.29, 1.82) is 0 Å². The van der Waals surface area contributed by atoms with E-state index in [1.807, 2.05) is 81.7 Å². The molecule has 2 heterocycles. The normalized spacial score (nSPS) is 16.0. The van der Waals surface area contributed by atoms with Gasteiger partial charge in [0.15, 0.2) is 0 Å². The highest BCUT2D eigenvalue weighted by atomic mass is 32.1. The van der Waals surface area contributed by atoms with Crippen molar-refractivity contribution in [3.8, 4) is 16.2 Å². The maximum atomic E-state index is 13.9. The number of β-amino-alcohol motifs (C(OH)–C–C–N with tert-alkyl or cyclic N) is 1. The van der Waals surface area contributed by atoms with Crippen molar-refractivity contribution >= 4 is 29.1 Å². The molecule has 16 heteroatoms. The number of nitrogens with one attached hydrogen (secondary N) is 2. The van der Waals surface area contributed by atoms with E-state index in [0.717, 1.165) is 33.0 Å². The summed E-state index contributed by atoms with van der Waals surface area (Å²) >= 11 is 1.58. The maximum absolute atomic E-state index is 13.9. The number of aryl methyl sites for hydroxylation is 1. The summed E-state index contributed by atoms with van der Waals surface area (Å²) in [6, 6.07) is 13.8. The van der Waals surface area contributed by atoms with Gasteiger partial charge < -0.3 is 54.8 Å². The van der Waals surface area contributed by atoms with Gasteiger partial charge in [-0.25, -0.2) is 4.98 Å². The van der Waals surface area contributed by atoms with Crippen LogP contribution in [-0.4, -0.2) is 130 Å². The van der Waals surface area contributed by atoms with Gasteiger partial charge in [0.25, 0.3) is 0 Å². The molecule has 0 spiro atoms. The molecule has 3 atom stereocenters. The van der Waals surface area contributed by atoms with Gasteiger partial charge in [-0.15, -0.1) is 11.3 Å². The third kappa shape index (κ3) is 16.0. The standard InChI is InChI=1S/C42H61N5O10S/c1-30-38(58-29-45-30)33-10-8-31(9-11-33)27-44-40(50)36-25-34(48)28-47(36)41(51)39(42(2,3)4)46-37(49)12-13-52-14-15-53-16-17-54-18-19-55-20-21-56-22-23-57-35-7-5-6-32(24-35)26-43/h5-11,24,29,34,36,39,48H,12-23,25-28,43H2,1-4H3,(H,44,50)(H,46,49)/t34-,36+,39-/m1/s1. The summed E-state index contributed by atoms with van der Waals surface area (Å²) in [6.07, 6.45) is -0.697. The smallest absolute Gasteiger partial charge is 0.246 e. The summed E-state index contributed by atoms with van der Waals surface area (Å²) in [5.74, 6) is -0.353. The van der Waals surface area contributed by atoms with Crippen LogP contribution in [0.2, 0.25) is 0 Å². The largest absolute Gasteiger partial charge is 0.491 e. The number of hydrogen-bond donors (Lipinski definition) is 4. The second-order valence-corrected chi connectivity index (χ2v) is 15.8. The molecule has 0 saturated carbocycles. The molecule has 320 valence electrons. The zero-order valence-electron chi connectivity index (χ0n) is 34.2. The van der Waals surface area contributed by atoms with Gasteiger partial charge in [-0.2, -0.15) is 0 Å². The summed E-state index contributed by atoms with van der Waals surface area (Å²) in [6.45, 7) is 12.5. The second kappa shape index (κ2) is 24.8. The van der Waals surface area contributed by atoms with Crippen LogP contribution >= 0.6 is 11.3 Å². The first-order valence-corrected chi connectivity index (χ1v) is 20.7. The van der Waals surface area contributed by atoms with Crippen LogP contribution in [-0.2, 0) is 51.2 Å². The fraction of sp³-hybridized carbons (Fsp3) is 0.571. The summed E-state index contributed by atoms with van der Waals surface area (Å²) < 4.78 is 33.3. The molecule has 1 fully saturated rings. The first-order chi connectivity index (χ1) is 28.0. The van der Waals surface area contributed by atoms with E-state index in [9.17, 15) is 19.5 Å². The first-order valence-electron chi connectivity index (χ1n) is 19.8. The molecule has 3 amide bonds.